The van der Waals surface area contributed by atoms with Crippen LogP contribution in [0.2, 0.25) is 5.15 Å². The van der Waals surface area contributed by atoms with Gasteiger partial charge in [-0.1, -0.05) is 11.6 Å². The number of nitriles is 1. The molecule has 29 heavy (non-hydrogen) atoms. The number of aliphatic imine (C=N–C) groups is 1. The lowest BCUT2D eigenvalue weighted by Crippen LogP contribution is -2.49. The van der Waals surface area contributed by atoms with E-state index in [0.29, 0.717) is 48.2 Å². The summed E-state index contributed by atoms with van der Waals surface area (Å²) in [7, 11) is -1.11. The summed E-state index contributed by atoms with van der Waals surface area (Å²) in [5.41, 5.74) is 0.177. The highest BCUT2D eigenvalue weighted by molar-refractivity contribution is 7.84. The van der Waals surface area contributed by atoms with Gasteiger partial charge in [0.05, 0.1) is 17.0 Å². The Morgan fingerprint density at radius 3 is 2.86 bits per heavy atom. The Morgan fingerprint density at radius 2 is 2.31 bits per heavy atom. The largest absolute Gasteiger partial charge is 0.346 e. The summed E-state index contributed by atoms with van der Waals surface area (Å²) in [6.45, 7) is 2.07. The molecule has 2 N–H and O–H groups in total. The lowest BCUT2D eigenvalue weighted by molar-refractivity contribution is -0.125. The third-order valence-electron chi connectivity index (χ3n) is 5.08. The number of amidine groups is 1. The van der Waals surface area contributed by atoms with Crippen LogP contribution >= 0.6 is 11.6 Å². The average molecular weight is 435 g/mol. The van der Waals surface area contributed by atoms with Crippen molar-refractivity contribution >= 4 is 45.5 Å². The molecule has 2 fully saturated rings. The van der Waals surface area contributed by atoms with Crippen LogP contribution in [0.3, 0.4) is 0 Å². The van der Waals surface area contributed by atoms with Crippen LogP contribution in [-0.4, -0.2) is 61.2 Å². The van der Waals surface area contributed by atoms with E-state index in [1.807, 2.05) is 4.90 Å². The number of hydrogen-bond acceptors (Lipinski definition) is 6. The van der Waals surface area contributed by atoms with Crippen LogP contribution in [0.1, 0.15) is 32.6 Å². The summed E-state index contributed by atoms with van der Waals surface area (Å²) in [5, 5.41) is 20.2. The second-order valence-corrected chi connectivity index (χ2v) is 9.58. The van der Waals surface area contributed by atoms with Crippen molar-refractivity contribution in [3.05, 3.63) is 23.5 Å². The van der Waals surface area contributed by atoms with E-state index < -0.39 is 22.4 Å². The molecule has 2 heterocycles. The molecule has 1 aromatic rings. The van der Waals surface area contributed by atoms with Crippen LogP contribution in [0.4, 0.5) is 5.69 Å². The zero-order chi connectivity index (χ0) is 21.2. The molecule has 1 aliphatic carbocycles. The lowest BCUT2D eigenvalue weighted by Gasteiger charge is -2.28. The van der Waals surface area contributed by atoms with Gasteiger partial charge in [0.1, 0.15) is 22.6 Å². The van der Waals surface area contributed by atoms with Crippen molar-refractivity contribution < 1.29 is 9.00 Å². The van der Waals surface area contributed by atoms with Crippen LogP contribution in [0, 0.1) is 16.7 Å². The van der Waals surface area contributed by atoms with E-state index in [-0.39, 0.29) is 17.6 Å². The number of carbonyl (C=O) groups is 1. The quantitative estimate of drug-likeness (QED) is 0.403. The van der Waals surface area contributed by atoms with Gasteiger partial charge >= 0.3 is 0 Å². The van der Waals surface area contributed by atoms with Gasteiger partial charge in [0.15, 0.2) is 0 Å². The van der Waals surface area contributed by atoms with E-state index in [4.69, 9.17) is 17.0 Å². The highest BCUT2D eigenvalue weighted by atomic mass is 35.5. The van der Waals surface area contributed by atoms with E-state index >= 15 is 0 Å². The van der Waals surface area contributed by atoms with Crippen molar-refractivity contribution in [2.75, 3.05) is 12.8 Å². The van der Waals surface area contributed by atoms with Crippen molar-refractivity contribution in [3.63, 3.8) is 0 Å². The van der Waals surface area contributed by atoms with Gasteiger partial charge in [-0.2, -0.15) is 5.26 Å². The summed E-state index contributed by atoms with van der Waals surface area (Å²) in [5.74, 6) is 0.273. The Hall–Kier alpha value is -2.31. The van der Waals surface area contributed by atoms with Crippen LogP contribution in [0.15, 0.2) is 23.3 Å². The molecule has 1 amide bonds. The first-order valence-corrected chi connectivity index (χ1v) is 11.3. The predicted octanol–water partition coefficient (Wildman–Crippen LogP) is 2.19. The minimum atomic E-state index is -1.11. The van der Waals surface area contributed by atoms with E-state index in [9.17, 15) is 14.3 Å². The molecular formula is C19H23ClN6O2S. The lowest BCUT2D eigenvalue weighted by atomic mass is 10.1. The Balaban J connectivity index is 1.93. The van der Waals surface area contributed by atoms with Gasteiger partial charge in [0.2, 0.25) is 5.91 Å². The Morgan fingerprint density at radius 1 is 1.59 bits per heavy atom. The Labute approximate surface area is 177 Å². The third-order valence-corrected chi connectivity index (χ3v) is 6.57. The number of nitrogens with zero attached hydrogens (tertiary/aromatic N) is 4. The minimum Gasteiger partial charge on any atom is -0.346 e. The van der Waals surface area contributed by atoms with Crippen LogP contribution in [0.5, 0.6) is 0 Å². The molecule has 1 aromatic heterocycles. The molecule has 10 heteroatoms. The molecule has 8 nitrogen and oxygen atoms in total. The van der Waals surface area contributed by atoms with Gasteiger partial charge in [-0.3, -0.25) is 9.00 Å². The van der Waals surface area contributed by atoms with E-state index in [1.54, 1.807) is 25.3 Å². The van der Waals surface area contributed by atoms with Crippen LogP contribution in [-0.2, 0) is 15.6 Å². The smallest absolute Gasteiger partial charge is 0.244 e. The molecular weight excluding hydrogens is 412 g/mol. The van der Waals surface area contributed by atoms with Gasteiger partial charge in [-0.15, -0.1) is 0 Å². The number of nitrogens with one attached hydrogen (secondary N) is 2. The first-order valence-electron chi connectivity index (χ1n) is 9.28. The SMILES string of the molecule is CC(=N)CC(=Nc1ccnc(Cl)c1)N1CC(S(C)=O)CC1C(=O)NC1(C#N)CC1. The second-order valence-electron chi connectivity index (χ2n) is 7.53. The molecule has 1 saturated carbocycles. The van der Waals surface area contributed by atoms with E-state index in [0.717, 1.165) is 0 Å². The first kappa shape index (κ1) is 21.4. The monoisotopic (exact) mass is 434 g/mol. The molecule has 0 bridgehead atoms. The van der Waals surface area contributed by atoms with E-state index in [1.165, 1.54) is 6.20 Å². The number of halogens is 1. The number of pyridine rings is 1. The molecule has 1 saturated heterocycles. The van der Waals surface area contributed by atoms with Gasteiger partial charge in [0.25, 0.3) is 0 Å². The maximum Gasteiger partial charge on any atom is 0.244 e. The molecule has 0 spiro atoms. The highest BCUT2D eigenvalue weighted by Crippen LogP contribution is 2.35. The first-order chi connectivity index (χ1) is 13.7. The van der Waals surface area contributed by atoms with Crippen molar-refractivity contribution in [1.29, 1.82) is 10.7 Å². The van der Waals surface area contributed by atoms with Crippen LogP contribution in [0.25, 0.3) is 0 Å². The zero-order valence-electron chi connectivity index (χ0n) is 16.3. The Bertz CT molecular complexity index is 924. The molecule has 3 atom stereocenters. The van der Waals surface area contributed by atoms with E-state index in [2.05, 4.69) is 21.4 Å². The van der Waals surface area contributed by atoms with Crippen molar-refractivity contribution in [3.8, 4) is 6.07 Å². The van der Waals surface area contributed by atoms with Crippen molar-refractivity contribution in [2.45, 2.75) is 49.4 Å². The molecule has 154 valence electrons. The van der Waals surface area contributed by atoms with Crippen LogP contribution < -0.4 is 5.32 Å². The molecule has 1 aliphatic heterocycles. The second kappa shape index (κ2) is 8.59. The fraction of sp³-hybridized carbons (Fsp3) is 0.526. The topological polar surface area (TPSA) is 122 Å². The van der Waals surface area contributed by atoms with Gasteiger partial charge < -0.3 is 15.6 Å². The molecule has 0 aromatic carbocycles. The molecule has 2 aliphatic rings. The maximum absolute atomic E-state index is 13.0. The Kier molecular flexibility index (Phi) is 6.34. The summed E-state index contributed by atoms with van der Waals surface area (Å²) in [6, 6.07) is 4.88. The summed E-state index contributed by atoms with van der Waals surface area (Å²) in [6.07, 6.45) is 5.10. The zero-order valence-corrected chi connectivity index (χ0v) is 17.9. The summed E-state index contributed by atoms with van der Waals surface area (Å²) in [4.78, 5) is 23.4. The van der Waals surface area contributed by atoms with Gasteiger partial charge in [0, 0.05) is 48.0 Å². The normalized spacial score (nSPS) is 23.9. The standard InChI is InChI=1S/C19H23ClN6O2S/c1-12(22)7-17(24-13-3-6-23-16(20)8-13)26-10-14(29(2)28)9-15(26)18(27)25-19(11-21)4-5-19/h3,6,8,14-15,22H,4-5,7,9-10H2,1-2H3,(H,25,27). The molecule has 3 rings (SSSR count). The highest BCUT2D eigenvalue weighted by Gasteiger charge is 2.48. The van der Waals surface area contributed by atoms with Gasteiger partial charge in [-0.05, 0) is 32.3 Å². The van der Waals surface area contributed by atoms with Crippen molar-refractivity contribution in [1.82, 2.24) is 15.2 Å². The number of carbonyl (C=O) groups excluding carboxylic acids is 1. The summed E-state index contributed by atoms with van der Waals surface area (Å²) >= 11 is 5.96. The number of hydrogen-bond donors (Lipinski definition) is 2. The van der Waals surface area contributed by atoms with Crippen molar-refractivity contribution in [2.24, 2.45) is 4.99 Å². The fourth-order valence-corrected chi connectivity index (χ4v) is 4.33. The molecule has 0 radical (unpaired) electrons. The third kappa shape index (κ3) is 5.19. The number of rotatable bonds is 6. The number of aromatic nitrogens is 1. The maximum atomic E-state index is 13.0. The minimum absolute atomic E-state index is 0.194. The van der Waals surface area contributed by atoms with Gasteiger partial charge in [-0.25, -0.2) is 9.98 Å². The molecule has 3 unspecified atom stereocenters. The number of amides is 1. The fourth-order valence-electron chi connectivity index (χ4n) is 3.33. The predicted molar refractivity (Wildman–Crippen MR) is 113 cm³/mol. The number of likely N-dealkylation sites (tertiary alicyclic amines) is 1. The average Bonchev–Trinajstić information content (AvgIpc) is 3.26. The summed E-state index contributed by atoms with van der Waals surface area (Å²) < 4.78 is 12.2.